The second-order valence-electron chi connectivity index (χ2n) is 15.3. The minimum absolute atomic E-state index is 0.00119. The number of Topliss-reactive ketones (excluding diaryl/α,β-unsaturated/α-hetero) is 1. The average Bonchev–Trinajstić information content (AvgIpc) is 3.17. The van der Waals surface area contributed by atoms with Gasteiger partial charge in [0.1, 0.15) is 6.10 Å². The number of aliphatic hydroxyl groups excluding tert-OH is 1. The largest absolute Gasteiger partial charge is 0.469 e. The third-order valence-electron chi connectivity index (χ3n) is 12.5. The zero-order valence-corrected chi connectivity index (χ0v) is 26.1. The SMILES string of the molecule is COC(=O)CC[C@@H](C)[C@H]1CC[C@H]2[C@@H]3C(=O)[C@H](O)[C@@H]4C[C@H](O[Si](C)(C)C(C)(C)C)CC[C@]4(C)[C@H]3CC[C@]12C. The fourth-order valence-electron chi connectivity index (χ4n) is 9.27. The Kier molecular flexibility index (Phi) is 7.93. The molecule has 5 nitrogen and oxygen atoms in total. The van der Waals surface area contributed by atoms with Crippen LogP contribution in [0.5, 0.6) is 0 Å². The van der Waals surface area contributed by atoms with Crippen molar-refractivity contribution in [2.24, 2.45) is 46.3 Å². The summed E-state index contributed by atoms with van der Waals surface area (Å²) in [6, 6.07) is 0. The summed E-state index contributed by atoms with van der Waals surface area (Å²) in [7, 11) is -0.445. The Bertz CT molecular complexity index is 879. The monoisotopic (exact) mass is 534 g/mol. The molecule has 6 heteroatoms. The van der Waals surface area contributed by atoms with Gasteiger partial charge in [0, 0.05) is 24.4 Å². The highest BCUT2D eigenvalue weighted by molar-refractivity contribution is 6.74. The Morgan fingerprint density at radius 2 is 1.68 bits per heavy atom. The second-order valence-corrected chi connectivity index (χ2v) is 20.0. The molecule has 4 fully saturated rings. The van der Waals surface area contributed by atoms with Gasteiger partial charge in [0.2, 0.25) is 0 Å². The predicted octanol–water partition coefficient (Wildman–Crippen LogP) is 6.77. The van der Waals surface area contributed by atoms with Gasteiger partial charge < -0.3 is 14.3 Å². The molecular weight excluding hydrogens is 480 g/mol. The molecule has 4 aliphatic carbocycles. The molecule has 0 aromatic heterocycles. The number of hydrogen-bond donors (Lipinski definition) is 1. The van der Waals surface area contributed by atoms with Crippen LogP contribution in [0.25, 0.3) is 0 Å². The third kappa shape index (κ3) is 4.90. The lowest BCUT2D eigenvalue weighted by Gasteiger charge is -2.62. The maximum atomic E-state index is 14.0. The van der Waals surface area contributed by atoms with Gasteiger partial charge >= 0.3 is 5.97 Å². The zero-order valence-electron chi connectivity index (χ0n) is 25.1. The molecule has 0 heterocycles. The lowest BCUT2D eigenvalue weighted by Crippen LogP contribution is -2.63. The van der Waals surface area contributed by atoms with Crippen molar-refractivity contribution in [1.29, 1.82) is 0 Å². The van der Waals surface area contributed by atoms with E-state index in [-0.39, 0.29) is 45.6 Å². The van der Waals surface area contributed by atoms with E-state index in [1.165, 1.54) is 7.11 Å². The van der Waals surface area contributed by atoms with Crippen molar-refractivity contribution in [3.8, 4) is 0 Å². The molecular formula is C31H54O5Si. The van der Waals surface area contributed by atoms with Crippen LogP contribution in [0.2, 0.25) is 18.1 Å². The lowest BCUT2D eigenvalue weighted by atomic mass is 9.43. The minimum Gasteiger partial charge on any atom is -0.469 e. The van der Waals surface area contributed by atoms with Crippen LogP contribution in [-0.2, 0) is 18.8 Å². The van der Waals surface area contributed by atoms with E-state index in [0.29, 0.717) is 30.1 Å². The van der Waals surface area contributed by atoms with Crippen molar-refractivity contribution in [2.45, 2.75) is 130 Å². The summed E-state index contributed by atoms with van der Waals surface area (Å²) in [6.45, 7) is 18.5. The summed E-state index contributed by atoms with van der Waals surface area (Å²) < 4.78 is 11.7. The van der Waals surface area contributed by atoms with Crippen molar-refractivity contribution in [2.75, 3.05) is 7.11 Å². The summed E-state index contributed by atoms with van der Waals surface area (Å²) in [6.07, 6.45) is 7.93. The number of hydrogen-bond acceptors (Lipinski definition) is 5. The van der Waals surface area contributed by atoms with Gasteiger partial charge in [0.15, 0.2) is 14.1 Å². The average molecular weight is 535 g/mol. The summed E-state index contributed by atoms with van der Waals surface area (Å²) in [4.78, 5) is 25.8. The van der Waals surface area contributed by atoms with Gasteiger partial charge in [-0.1, -0.05) is 41.5 Å². The number of aliphatic hydroxyl groups is 1. The van der Waals surface area contributed by atoms with Gasteiger partial charge in [-0.25, -0.2) is 0 Å². The highest BCUT2D eigenvalue weighted by Crippen LogP contribution is 2.68. The normalized spacial score (nSPS) is 43.0. The Morgan fingerprint density at radius 1 is 1.05 bits per heavy atom. The molecule has 0 aromatic rings. The fourth-order valence-corrected chi connectivity index (χ4v) is 10.7. The molecule has 0 unspecified atom stereocenters. The Morgan fingerprint density at radius 3 is 2.30 bits per heavy atom. The lowest BCUT2D eigenvalue weighted by molar-refractivity contribution is -0.183. The second kappa shape index (κ2) is 10.0. The van der Waals surface area contributed by atoms with Crippen LogP contribution < -0.4 is 0 Å². The van der Waals surface area contributed by atoms with Gasteiger partial charge in [-0.2, -0.15) is 0 Å². The molecule has 4 aliphatic rings. The van der Waals surface area contributed by atoms with Crippen molar-refractivity contribution in [3.05, 3.63) is 0 Å². The van der Waals surface area contributed by atoms with Crippen molar-refractivity contribution in [1.82, 2.24) is 0 Å². The maximum Gasteiger partial charge on any atom is 0.305 e. The molecule has 0 amide bonds. The number of carbonyl (C=O) groups is 2. The fraction of sp³-hybridized carbons (Fsp3) is 0.935. The first-order valence-corrected chi connectivity index (χ1v) is 17.9. The zero-order chi connectivity index (χ0) is 27.6. The number of esters is 1. The summed E-state index contributed by atoms with van der Waals surface area (Å²) in [5.74, 6) is 1.64. The van der Waals surface area contributed by atoms with E-state index in [1.807, 2.05) is 0 Å². The molecule has 212 valence electrons. The van der Waals surface area contributed by atoms with Crippen LogP contribution >= 0.6 is 0 Å². The molecule has 0 bridgehead atoms. The Labute approximate surface area is 227 Å². The van der Waals surface area contributed by atoms with Crippen LogP contribution in [0.4, 0.5) is 0 Å². The first-order chi connectivity index (χ1) is 17.1. The number of fused-ring (bicyclic) bond motifs is 5. The maximum absolute atomic E-state index is 14.0. The minimum atomic E-state index is -1.90. The number of ketones is 1. The first-order valence-electron chi connectivity index (χ1n) is 15.0. The van der Waals surface area contributed by atoms with Gasteiger partial charge in [-0.15, -0.1) is 0 Å². The molecule has 37 heavy (non-hydrogen) atoms. The number of carbonyl (C=O) groups excluding carboxylic acids is 2. The van der Waals surface area contributed by atoms with Crippen LogP contribution in [0.1, 0.15) is 99.3 Å². The summed E-state index contributed by atoms with van der Waals surface area (Å²) >= 11 is 0. The van der Waals surface area contributed by atoms with E-state index in [1.54, 1.807) is 0 Å². The molecule has 0 saturated heterocycles. The number of ether oxygens (including phenoxy) is 1. The molecule has 4 rings (SSSR count). The topological polar surface area (TPSA) is 72.8 Å². The molecule has 1 N–H and O–H groups in total. The molecule has 0 aliphatic heterocycles. The summed E-state index contributed by atoms with van der Waals surface area (Å²) in [5.41, 5.74) is 0.110. The van der Waals surface area contributed by atoms with Crippen molar-refractivity contribution in [3.63, 3.8) is 0 Å². The molecule has 0 spiro atoms. The highest BCUT2D eigenvalue weighted by atomic mass is 28.4. The molecule has 0 aromatic carbocycles. The van der Waals surface area contributed by atoms with E-state index >= 15 is 0 Å². The van der Waals surface area contributed by atoms with E-state index < -0.39 is 14.4 Å². The van der Waals surface area contributed by atoms with Crippen LogP contribution in [0, 0.1) is 46.3 Å². The Hall–Kier alpha value is -0.723. The smallest absolute Gasteiger partial charge is 0.305 e. The van der Waals surface area contributed by atoms with Crippen molar-refractivity contribution >= 4 is 20.1 Å². The van der Waals surface area contributed by atoms with E-state index in [9.17, 15) is 14.7 Å². The van der Waals surface area contributed by atoms with E-state index in [0.717, 1.165) is 51.4 Å². The van der Waals surface area contributed by atoms with Crippen LogP contribution in [-0.4, -0.2) is 44.5 Å². The van der Waals surface area contributed by atoms with E-state index in [4.69, 9.17) is 9.16 Å². The number of methoxy groups -OCH3 is 1. The number of rotatable bonds is 6. The van der Waals surface area contributed by atoms with Crippen LogP contribution in [0.15, 0.2) is 0 Å². The molecule has 4 saturated carbocycles. The first kappa shape index (κ1) is 29.3. The molecule has 0 radical (unpaired) electrons. The highest BCUT2D eigenvalue weighted by Gasteiger charge is 2.65. The predicted molar refractivity (Wildman–Crippen MR) is 149 cm³/mol. The summed E-state index contributed by atoms with van der Waals surface area (Å²) in [5, 5.41) is 11.7. The van der Waals surface area contributed by atoms with Crippen LogP contribution in [0.3, 0.4) is 0 Å². The Balaban J connectivity index is 1.52. The van der Waals surface area contributed by atoms with Gasteiger partial charge in [0.05, 0.1) is 7.11 Å². The van der Waals surface area contributed by atoms with E-state index in [2.05, 4.69) is 54.6 Å². The van der Waals surface area contributed by atoms with Gasteiger partial charge in [-0.3, -0.25) is 9.59 Å². The van der Waals surface area contributed by atoms with Gasteiger partial charge in [-0.05, 0) is 104 Å². The third-order valence-corrected chi connectivity index (χ3v) is 17.1. The standard InChI is InChI=1S/C31H54O5Si/c1-19(10-13-25(32)35-7)21-11-12-22-26-23(15-17-30(21,22)5)31(6)16-14-20(18-24(31)27(33)28(26)34)36-37(8,9)29(2,3)4/h19-24,26-27,33H,10-18H2,1-9H3/t19-,20-,21-,22+,23+,24+,26+,27-,30-,31-/m1/s1. The quantitative estimate of drug-likeness (QED) is 0.300. The van der Waals surface area contributed by atoms with Gasteiger partial charge in [0.25, 0.3) is 0 Å². The van der Waals surface area contributed by atoms with Crippen molar-refractivity contribution < 1.29 is 23.9 Å². The molecule has 10 atom stereocenters.